The van der Waals surface area contributed by atoms with E-state index in [0.29, 0.717) is 13.1 Å². The molecule has 0 aromatic rings. The maximum Gasteiger partial charge on any atom is 0.139 e. The van der Waals surface area contributed by atoms with Crippen LogP contribution in [0.15, 0.2) is 0 Å². The molecule has 1 aliphatic rings. The van der Waals surface area contributed by atoms with E-state index in [2.05, 4.69) is 5.32 Å². The molecule has 2 N–H and O–H groups in total. The van der Waals surface area contributed by atoms with Crippen LogP contribution < -0.4 is 5.32 Å². The first kappa shape index (κ1) is 8.14. The Labute approximate surface area is 53.5 Å². The summed E-state index contributed by atoms with van der Waals surface area (Å²) >= 11 is 0. The van der Waals surface area contributed by atoms with Crippen LogP contribution >= 0.6 is 12.4 Å². The molecule has 1 saturated heterocycles. The maximum atomic E-state index is 12.0. The third kappa shape index (κ3) is 1.58. The zero-order chi connectivity index (χ0) is 5.28. The molecule has 1 rings (SSSR count). The van der Waals surface area contributed by atoms with Crippen molar-refractivity contribution in [3.63, 3.8) is 0 Å². The van der Waals surface area contributed by atoms with E-state index in [9.17, 15) is 4.39 Å². The highest BCUT2D eigenvalue weighted by Gasteiger charge is 2.23. The fourth-order valence-corrected chi connectivity index (χ4v) is 0.633. The van der Waals surface area contributed by atoms with Crippen LogP contribution in [0.2, 0.25) is 0 Å². The Morgan fingerprint density at radius 2 is 2.12 bits per heavy atom. The third-order valence-corrected chi connectivity index (χ3v) is 1.11. The first-order valence-electron chi connectivity index (χ1n) is 2.33. The summed E-state index contributed by atoms with van der Waals surface area (Å²) in [4.78, 5) is 0. The van der Waals surface area contributed by atoms with Gasteiger partial charge in [0.2, 0.25) is 0 Å². The number of halogens is 2. The molecule has 4 heteroatoms. The smallest absolute Gasteiger partial charge is 0.139 e. The Balaban J connectivity index is 0.000000490. The summed E-state index contributed by atoms with van der Waals surface area (Å²) in [5, 5.41) is 11.3. The molecule has 0 saturated carbocycles. The van der Waals surface area contributed by atoms with Crippen molar-refractivity contribution in [2.45, 2.75) is 12.3 Å². The summed E-state index contributed by atoms with van der Waals surface area (Å²) in [5.74, 6) is 0. The fourth-order valence-electron chi connectivity index (χ4n) is 0.633. The Morgan fingerprint density at radius 1 is 1.50 bits per heavy atom. The van der Waals surface area contributed by atoms with Gasteiger partial charge in [-0.25, -0.2) is 4.39 Å². The van der Waals surface area contributed by atoms with E-state index in [0.717, 1.165) is 0 Å². The lowest BCUT2D eigenvalue weighted by atomic mass is 10.3. The molecule has 1 aliphatic heterocycles. The Morgan fingerprint density at radius 3 is 2.25 bits per heavy atom. The van der Waals surface area contributed by atoms with Gasteiger partial charge in [-0.2, -0.15) is 0 Å². The second-order valence-electron chi connectivity index (χ2n) is 1.74. The van der Waals surface area contributed by atoms with Gasteiger partial charge in [0.1, 0.15) is 6.17 Å². The Hall–Kier alpha value is 0.140. The summed E-state index contributed by atoms with van der Waals surface area (Å²) in [6.07, 6.45) is -1.81. The van der Waals surface area contributed by atoms with Gasteiger partial charge in [0.25, 0.3) is 0 Å². The Bertz CT molecular complexity index is 65.1. The van der Waals surface area contributed by atoms with E-state index >= 15 is 0 Å². The molecule has 0 aromatic heterocycles. The predicted molar refractivity (Wildman–Crippen MR) is 31.0 cm³/mol. The molecule has 1 fully saturated rings. The molecule has 0 aromatic carbocycles. The van der Waals surface area contributed by atoms with E-state index in [1.54, 1.807) is 0 Å². The molecular weight excluding hydrogens is 133 g/mol. The molecule has 0 amide bonds. The van der Waals surface area contributed by atoms with Crippen LogP contribution in [0.5, 0.6) is 0 Å². The van der Waals surface area contributed by atoms with Crippen molar-refractivity contribution in [3.8, 4) is 0 Å². The minimum absolute atomic E-state index is 0. The predicted octanol–water partition coefficient (Wildman–Crippen LogP) is -0.290. The van der Waals surface area contributed by atoms with Gasteiger partial charge in [0, 0.05) is 13.1 Å². The summed E-state index contributed by atoms with van der Waals surface area (Å²) in [5.41, 5.74) is 0. The van der Waals surface area contributed by atoms with Crippen LogP contribution in [0.3, 0.4) is 0 Å². The molecular formula is C4H9ClFNO. The van der Waals surface area contributed by atoms with Gasteiger partial charge in [-0.1, -0.05) is 0 Å². The van der Waals surface area contributed by atoms with Crippen molar-refractivity contribution in [2.75, 3.05) is 13.1 Å². The second kappa shape index (κ2) is 3.22. The molecule has 2 nitrogen and oxygen atoms in total. The largest absolute Gasteiger partial charge is 0.389 e. The molecule has 0 unspecified atom stereocenters. The minimum Gasteiger partial charge on any atom is -0.389 e. The van der Waals surface area contributed by atoms with Crippen LogP contribution in [0.1, 0.15) is 0 Å². The molecule has 0 aliphatic carbocycles. The molecule has 8 heavy (non-hydrogen) atoms. The van der Waals surface area contributed by atoms with E-state index < -0.39 is 12.3 Å². The van der Waals surface area contributed by atoms with Crippen molar-refractivity contribution >= 4 is 12.4 Å². The zero-order valence-electron chi connectivity index (χ0n) is 4.30. The van der Waals surface area contributed by atoms with Gasteiger partial charge < -0.3 is 10.4 Å². The van der Waals surface area contributed by atoms with Crippen molar-refractivity contribution < 1.29 is 9.50 Å². The molecule has 1 heterocycles. The number of aliphatic hydroxyl groups is 1. The number of β-amino-alcohol motifs (C(OH)–C–C–N with tert-alkyl or cyclic N) is 1. The normalized spacial score (nSPS) is 36.8. The number of aliphatic hydroxyl groups excluding tert-OH is 1. The maximum absolute atomic E-state index is 12.0. The third-order valence-electron chi connectivity index (χ3n) is 1.11. The average Bonchev–Trinajstić information content (AvgIpc) is 1.91. The summed E-state index contributed by atoms with van der Waals surface area (Å²) in [6.45, 7) is 0.711. The highest BCUT2D eigenvalue weighted by Crippen LogP contribution is 2.01. The van der Waals surface area contributed by atoms with E-state index in [1.807, 2.05) is 0 Å². The number of hydrogen-bond acceptors (Lipinski definition) is 2. The van der Waals surface area contributed by atoms with Gasteiger partial charge in [-0.15, -0.1) is 12.4 Å². The monoisotopic (exact) mass is 141 g/mol. The first-order valence-corrected chi connectivity index (χ1v) is 2.33. The minimum atomic E-state index is -1.04. The molecule has 0 radical (unpaired) electrons. The Kier molecular flexibility index (Phi) is 3.28. The van der Waals surface area contributed by atoms with Gasteiger partial charge >= 0.3 is 0 Å². The van der Waals surface area contributed by atoms with E-state index in [-0.39, 0.29) is 12.4 Å². The average molecular weight is 142 g/mol. The lowest BCUT2D eigenvalue weighted by molar-refractivity contribution is 0.118. The van der Waals surface area contributed by atoms with Gasteiger partial charge in [-0.3, -0.25) is 0 Å². The first-order chi connectivity index (χ1) is 3.30. The highest BCUT2D eigenvalue weighted by atomic mass is 35.5. The lowest BCUT2D eigenvalue weighted by Gasteiger charge is -1.98. The second-order valence-corrected chi connectivity index (χ2v) is 1.74. The molecule has 0 bridgehead atoms. The molecule has 50 valence electrons. The topological polar surface area (TPSA) is 32.3 Å². The summed E-state index contributed by atoms with van der Waals surface area (Å²) in [7, 11) is 0. The van der Waals surface area contributed by atoms with E-state index in [1.165, 1.54) is 0 Å². The van der Waals surface area contributed by atoms with Gasteiger partial charge in [0.05, 0.1) is 6.10 Å². The van der Waals surface area contributed by atoms with Gasteiger partial charge in [-0.05, 0) is 0 Å². The van der Waals surface area contributed by atoms with Crippen molar-refractivity contribution in [2.24, 2.45) is 0 Å². The van der Waals surface area contributed by atoms with E-state index in [4.69, 9.17) is 5.11 Å². The lowest BCUT2D eigenvalue weighted by Crippen LogP contribution is -2.17. The SMILES string of the molecule is Cl.O[C@H]1CNC[C@H]1F. The van der Waals surface area contributed by atoms with Crippen molar-refractivity contribution in [1.29, 1.82) is 0 Å². The van der Waals surface area contributed by atoms with Crippen LogP contribution in [0, 0.1) is 0 Å². The summed E-state index contributed by atoms with van der Waals surface area (Å²) < 4.78 is 12.0. The van der Waals surface area contributed by atoms with Crippen molar-refractivity contribution in [1.82, 2.24) is 5.32 Å². The van der Waals surface area contributed by atoms with Crippen molar-refractivity contribution in [3.05, 3.63) is 0 Å². The quantitative estimate of drug-likeness (QED) is 0.486. The molecule has 0 spiro atoms. The van der Waals surface area contributed by atoms with Crippen LogP contribution in [0.4, 0.5) is 4.39 Å². The highest BCUT2D eigenvalue weighted by molar-refractivity contribution is 5.85. The number of rotatable bonds is 0. The fraction of sp³-hybridized carbons (Fsp3) is 1.00. The summed E-state index contributed by atoms with van der Waals surface area (Å²) in [6, 6.07) is 0. The van der Waals surface area contributed by atoms with Gasteiger partial charge in [0.15, 0.2) is 0 Å². The van der Waals surface area contributed by atoms with Crippen LogP contribution in [-0.4, -0.2) is 30.5 Å². The standard InChI is InChI=1S/C4H8FNO.ClH/c5-3-1-6-2-4(3)7;/h3-4,6-7H,1-2H2;1H/t3-,4+;/m1./s1. The number of alkyl halides is 1. The van der Waals surface area contributed by atoms with Crippen LogP contribution in [0.25, 0.3) is 0 Å². The number of hydrogen-bond donors (Lipinski definition) is 2. The number of nitrogens with one attached hydrogen (secondary N) is 1. The van der Waals surface area contributed by atoms with Crippen LogP contribution in [-0.2, 0) is 0 Å². The zero-order valence-corrected chi connectivity index (χ0v) is 5.12. The molecule has 2 atom stereocenters.